The Labute approximate surface area is 235 Å². The molecule has 4 rings (SSSR count). The Morgan fingerprint density at radius 2 is 1.77 bits per heavy atom. The summed E-state index contributed by atoms with van der Waals surface area (Å²) < 4.78 is 5.26. The summed E-state index contributed by atoms with van der Waals surface area (Å²) in [7, 11) is 0. The van der Waals surface area contributed by atoms with Crippen LogP contribution in [0.15, 0.2) is 53.4 Å². The van der Waals surface area contributed by atoms with Crippen LogP contribution in [0.3, 0.4) is 0 Å². The zero-order chi connectivity index (χ0) is 27.9. The highest BCUT2D eigenvalue weighted by molar-refractivity contribution is 7.99. The molecule has 2 aromatic carbocycles. The molecule has 8 heteroatoms. The lowest BCUT2D eigenvalue weighted by Crippen LogP contribution is -2.56. The van der Waals surface area contributed by atoms with Gasteiger partial charge in [0, 0.05) is 41.8 Å². The van der Waals surface area contributed by atoms with E-state index >= 15 is 0 Å². The number of Topliss-reactive ketones (excluding diaryl/α,β-unsaturated/α-hetero) is 1. The number of benzene rings is 2. The van der Waals surface area contributed by atoms with Gasteiger partial charge in [-0.1, -0.05) is 43.5 Å². The van der Waals surface area contributed by atoms with Gasteiger partial charge >= 0.3 is 5.97 Å². The lowest BCUT2D eigenvalue weighted by Gasteiger charge is -2.46. The lowest BCUT2D eigenvalue weighted by atomic mass is 9.72. The van der Waals surface area contributed by atoms with Crippen LogP contribution in [-0.2, 0) is 9.59 Å². The van der Waals surface area contributed by atoms with Crippen molar-refractivity contribution < 1.29 is 24.2 Å². The number of rotatable bonds is 10. The molecule has 210 valence electrons. The molecule has 2 N–H and O–H groups in total. The van der Waals surface area contributed by atoms with Crippen molar-refractivity contribution in [1.82, 2.24) is 10.2 Å². The van der Waals surface area contributed by atoms with E-state index in [0.717, 1.165) is 17.9 Å². The number of aliphatic hydroxyl groups excluding tert-OH is 1. The molecule has 0 radical (unpaired) electrons. The number of thioether (sulfide) groups is 1. The van der Waals surface area contributed by atoms with Crippen LogP contribution >= 0.6 is 11.8 Å². The summed E-state index contributed by atoms with van der Waals surface area (Å²) >= 11 is 1.57. The maximum Gasteiger partial charge on any atom is 0.308 e. The van der Waals surface area contributed by atoms with Crippen LogP contribution in [0.25, 0.3) is 0 Å². The molecule has 5 unspecified atom stereocenters. The molecule has 1 heterocycles. The molecular weight excluding hydrogens is 512 g/mol. The van der Waals surface area contributed by atoms with Crippen LogP contribution in [0, 0.1) is 18.8 Å². The Morgan fingerprint density at radius 3 is 2.46 bits per heavy atom. The monoisotopic (exact) mass is 552 g/mol. The fourth-order valence-electron chi connectivity index (χ4n) is 6.02. The number of amides is 1. The van der Waals surface area contributed by atoms with Crippen LogP contribution in [-0.4, -0.2) is 64.7 Å². The topological polar surface area (TPSA) is 95.9 Å². The van der Waals surface area contributed by atoms with E-state index in [1.165, 1.54) is 32.6 Å². The Hall–Kier alpha value is -2.68. The summed E-state index contributed by atoms with van der Waals surface area (Å²) in [5.41, 5.74) is 0.950. The normalized spacial score (nSPS) is 22.8. The number of likely N-dealkylation sites (tertiary alicyclic amines) is 1. The van der Waals surface area contributed by atoms with Crippen molar-refractivity contribution in [2.24, 2.45) is 11.8 Å². The van der Waals surface area contributed by atoms with Gasteiger partial charge in [0.1, 0.15) is 11.5 Å². The molecule has 2 aliphatic rings. The van der Waals surface area contributed by atoms with Gasteiger partial charge in [-0.15, -0.1) is 11.8 Å². The average molecular weight is 553 g/mol. The molecule has 39 heavy (non-hydrogen) atoms. The van der Waals surface area contributed by atoms with Crippen LogP contribution < -0.4 is 10.1 Å². The molecule has 0 aromatic heterocycles. The van der Waals surface area contributed by atoms with Crippen molar-refractivity contribution in [3.05, 3.63) is 59.7 Å². The number of esters is 1. The number of nitrogens with zero attached hydrogens (tertiary/aromatic N) is 1. The molecule has 5 atom stereocenters. The third-order valence-corrected chi connectivity index (χ3v) is 9.26. The summed E-state index contributed by atoms with van der Waals surface area (Å²) in [5, 5.41) is 14.6. The summed E-state index contributed by atoms with van der Waals surface area (Å²) in [6.07, 6.45) is 4.79. The maximum absolute atomic E-state index is 13.4. The number of carbonyl (C=O) groups is 3. The number of fused-ring (bicyclic) bond motifs is 1. The van der Waals surface area contributed by atoms with Gasteiger partial charge in [-0.25, -0.2) is 0 Å². The second kappa shape index (κ2) is 13.6. The summed E-state index contributed by atoms with van der Waals surface area (Å²) in [6.45, 7) is 5.84. The van der Waals surface area contributed by atoms with Crippen molar-refractivity contribution in [1.29, 1.82) is 0 Å². The largest absolute Gasteiger partial charge is 0.426 e. The Balaban J connectivity index is 1.52. The van der Waals surface area contributed by atoms with Crippen LogP contribution in [0.5, 0.6) is 5.75 Å². The molecule has 2 aromatic rings. The molecule has 0 spiro atoms. The van der Waals surface area contributed by atoms with E-state index in [2.05, 4.69) is 10.2 Å². The lowest BCUT2D eigenvalue weighted by molar-refractivity contribution is -0.132. The Morgan fingerprint density at radius 1 is 1.05 bits per heavy atom. The summed E-state index contributed by atoms with van der Waals surface area (Å²) in [5.74, 6) is 1.29. The molecule has 7 nitrogen and oxygen atoms in total. The number of ether oxygens (including phenoxy) is 1. The van der Waals surface area contributed by atoms with Gasteiger partial charge in [0.05, 0.1) is 18.2 Å². The zero-order valence-electron chi connectivity index (χ0n) is 23.1. The van der Waals surface area contributed by atoms with Gasteiger partial charge in [-0.2, -0.15) is 0 Å². The van der Waals surface area contributed by atoms with E-state index in [9.17, 15) is 19.5 Å². The molecule has 1 saturated carbocycles. The van der Waals surface area contributed by atoms with Gasteiger partial charge in [-0.3, -0.25) is 19.3 Å². The third kappa shape index (κ3) is 7.71. The smallest absolute Gasteiger partial charge is 0.308 e. The highest BCUT2D eigenvalue weighted by Crippen LogP contribution is 2.39. The maximum atomic E-state index is 13.4. The highest BCUT2D eigenvalue weighted by atomic mass is 32.2. The van der Waals surface area contributed by atoms with Crippen LogP contribution in [0.2, 0.25) is 0 Å². The molecule has 1 aliphatic heterocycles. The van der Waals surface area contributed by atoms with Gasteiger partial charge < -0.3 is 15.2 Å². The molecule has 1 amide bonds. The molecular formula is C31H40N2O5S. The molecule has 1 aliphatic carbocycles. The van der Waals surface area contributed by atoms with Crippen molar-refractivity contribution in [3.8, 4) is 5.75 Å². The first-order chi connectivity index (χ1) is 18.7. The number of β-amino-alcohol motifs (C(OH)–C–C–N with tert-alkyl or cyclic N) is 1. The minimum atomic E-state index is -0.871. The fraction of sp³-hybridized carbons (Fsp3) is 0.516. The van der Waals surface area contributed by atoms with Gasteiger partial charge in [0.25, 0.3) is 5.91 Å². The summed E-state index contributed by atoms with van der Waals surface area (Å²) in [6, 6.07) is 14.1. The minimum absolute atomic E-state index is 0.142. The first-order valence-corrected chi connectivity index (χ1v) is 14.9. The SMILES string of the molecule is CC(=O)Oc1cccc(C(=O)NC(CSc2ccccc2)C(O)CN2CC3CCCCC3CC2C(C)=O)c1C. The molecule has 2 fully saturated rings. The number of nitrogens with one attached hydrogen (secondary N) is 1. The first-order valence-electron chi connectivity index (χ1n) is 13.9. The second-order valence-electron chi connectivity index (χ2n) is 10.9. The number of aliphatic hydroxyl groups is 1. The predicted molar refractivity (Wildman–Crippen MR) is 153 cm³/mol. The van der Waals surface area contributed by atoms with Gasteiger partial charge in [0.2, 0.25) is 0 Å². The number of hydrogen-bond acceptors (Lipinski definition) is 7. The number of ketones is 1. The number of piperidine rings is 1. The Kier molecular flexibility index (Phi) is 10.2. The minimum Gasteiger partial charge on any atom is -0.426 e. The van der Waals surface area contributed by atoms with E-state index in [0.29, 0.717) is 41.0 Å². The van der Waals surface area contributed by atoms with E-state index < -0.39 is 18.1 Å². The number of carbonyl (C=O) groups excluding carboxylic acids is 3. The van der Waals surface area contributed by atoms with Crippen molar-refractivity contribution in [3.63, 3.8) is 0 Å². The van der Waals surface area contributed by atoms with Crippen molar-refractivity contribution in [2.45, 2.75) is 76.0 Å². The van der Waals surface area contributed by atoms with Crippen LogP contribution in [0.1, 0.15) is 61.9 Å². The quantitative estimate of drug-likeness (QED) is 0.252. The molecule has 1 saturated heterocycles. The Bertz CT molecular complexity index is 1160. The first kappa shape index (κ1) is 29.3. The van der Waals surface area contributed by atoms with Crippen LogP contribution in [0.4, 0.5) is 0 Å². The second-order valence-corrected chi connectivity index (χ2v) is 12.0. The van der Waals surface area contributed by atoms with Gasteiger partial charge in [0.15, 0.2) is 0 Å². The van der Waals surface area contributed by atoms with Crippen molar-refractivity contribution in [2.75, 3.05) is 18.8 Å². The van der Waals surface area contributed by atoms with E-state index in [-0.39, 0.29) is 17.7 Å². The third-order valence-electron chi connectivity index (χ3n) is 8.13. The van der Waals surface area contributed by atoms with E-state index in [1.54, 1.807) is 43.8 Å². The van der Waals surface area contributed by atoms with Crippen molar-refractivity contribution >= 4 is 29.4 Å². The fourth-order valence-corrected chi connectivity index (χ4v) is 7.04. The number of hydrogen-bond donors (Lipinski definition) is 2. The van der Waals surface area contributed by atoms with E-state index in [4.69, 9.17) is 4.74 Å². The molecule has 0 bridgehead atoms. The summed E-state index contributed by atoms with van der Waals surface area (Å²) in [4.78, 5) is 40.8. The van der Waals surface area contributed by atoms with Gasteiger partial charge in [-0.05, 0) is 62.8 Å². The highest BCUT2D eigenvalue weighted by Gasteiger charge is 2.40. The standard InChI is InChI=1S/C31H40N2O5S/c1-20-26(14-9-15-30(20)38-22(3)35)31(37)32-27(19-39-25-12-5-4-6-13-25)29(36)18-33-17-24-11-8-7-10-23(24)16-28(33)21(2)34/h4-6,9,12-15,23-24,27-29,36H,7-8,10-11,16-19H2,1-3H3,(H,32,37). The predicted octanol–water partition coefficient (Wildman–Crippen LogP) is 4.64. The zero-order valence-corrected chi connectivity index (χ0v) is 23.9. The average Bonchev–Trinajstić information content (AvgIpc) is 2.91. The van der Waals surface area contributed by atoms with E-state index in [1.807, 2.05) is 30.3 Å².